The Labute approximate surface area is 74.8 Å². The highest BCUT2D eigenvalue weighted by Gasteiger charge is 2.58. The average Bonchev–Trinajstić information content (AvgIpc) is 2.30. The molecule has 2 nitrogen and oxygen atoms in total. The summed E-state index contributed by atoms with van der Waals surface area (Å²) < 4.78 is -0.744. The number of carbonyl (C=O) groups is 1. The van der Waals surface area contributed by atoms with Crippen LogP contribution in [0.5, 0.6) is 0 Å². The van der Waals surface area contributed by atoms with Gasteiger partial charge in [-0.15, -0.1) is 23.2 Å². The van der Waals surface area contributed by atoms with Gasteiger partial charge >= 0.3 is 5.97 Å². The van der Waals surface area contributed by atoms with Crippen LogP contribution in [0.1, 0.15) is 6.92 Å². The Balaban J connectivity index is 2.50. The lowest BCUT2D eigenvalue weighted by Crippen LogP contribution is -1.90. The predicted octanol–water partition coefficient (Wildman–Crippen LogP) is 2.07. The van der Waals surface area contributed by atoms with Crippen molar-refractivity contribution < 1.29 is 9.90 Å². The molecular weight excluding hydrogens is 187 g/mol. The molecule has 0 aliphatic heterocycles. The highest BCUT2D eigenvalue weighted by Crippen LogP contribution is 2.59. The number of allylic oxidation sites excluding steroid dienone is 1. The molecule has 0 spiro atoms. The number of carboxylic acids is 1. The summed E-state index contributed by atoms with van der Waals surface area (Å²) >= 11 is 11.5. The zero-order chi connectivity index (χ0) is 8.65. The molecule has 0 aromatic rings. The highest BCUT2D eigenvalue weighted by atomic mass is 35.5. The minimum Gasteiger partial charge on any atom is -0.478 e. The van der Waals surface area contributed by atoms with Gasteiger partial charge in [0.05, 0.1) is 0 Å². The predicted molar refractivity (Wildman–Crippen MR) is 43.9 cm³/mol. The Morgan fingerprint density at radius 3 is 2.36 bits per heavy atom. The van der Waals surface area contributed by atoms with Gasteiger partial charge in [-0.2, -0.15) is 0 Å². The standard InChI is InChI=1S/C7H8Cl2O2/c1-4-5(7(4,8)9)2-3-6(10)11/h2-5H,1H3,(H,10,11)/b3-2-/t4-,5-/m1/s1. The van der Waals surface area contributed by atoms with Crippen molar-refractivity contribution in [2.24, 2.45) is 11.8 Å². The number of carboxylic acid groups (broad SMARTS) is 1. The van der Waals surface area contributed by atoms with Crippen molar-refractivity contribution in [2.45, 2.75) is 11.3 Å². The zero-order valence-electron chi connectivity index (χ0n) is 5.92. The first-order valence-electron chi connectivity index (χ1n) is 3.25. The quantitative estimate of drug-likeness (QED) is 0.540. The molecule has 11 heavy (non-hydrogen) atoms. The van der Waals surface area contributed by atoms with Crippen LogP contribution in [0.25, 0.3) is 0 Å². The van der Waals surface area contributed by atoms with Crippen molar-refractivity contribution >= 4 is 29.2 Å². The fraction of sp³-hybridized carbons (Fsp3) is 0.571. The molecule has 0 heterocycles. The molecule has 1 aliphatic rings. The molecule has 0 bridgehead atoms. The molecule has 0 aromatic heterocycles. The van der Waals surface area contributed by atoms with Gasteiger partial charge in [0.2, 0.25) is 0 Å². The summed E-state index contributed by atoms with van der Waals surface area (Å²) in [7, 11) is 0. The Morgan fingerprint density at radius 2 is 2.09 bits per heavy atom. The molecule has 1 rings (SSSR count). The second kappa shape index (κ2) is 2.68. The second-order valence-electron chi connectivity index (χ2n) is 2.69. The lowest BCUT2D eigenvalue weighted by atomic mass is 10.3. The summed E-state index contributed by atoms with van der Waals surface area (Å²) in [6, 6.07) is 0. The van der Waals surface area contributed by atoms with Gasteiger partial charge in [0.25, 0.3) is 0 Å². The summed E-state index contributed by atoms with van der Waals surface area (Å²) in [6.07, 6.45) is 2.61. The topological polar surface area (TPSA) is 37.3 Å². The average molecular weight is 195 g/mol. The normalized spacial score (nSPS) is 34.1. The molecule has 0 amide bonds. The van der Waals surface area contributed by atoms with Crippen LogP contribution in [0.3, 0.4) is 0 Å². The number of hydrogen-bond acceptors (Lipinski definition) is 1. The second-order valence-corrected chi connectivity index (χ2v) is 4.13. The Bertz CT molecular complexity index is 210. The van der Waals surface area contributed by atoms with Crippen LogP contribution in [-0.2, 0) is 4.79 Å². The van der Waals surface area contributed by atoms with Gasteiger partial charge in [-0.25, -0.2) is 4.79 Å². The minimum atomic E-state index is -0.965. The van der Waals surface area contributed by atoms with E-state index in [9.17, 15) is 4.79 Å². The van der Waals surface area contributed by atoms with Crippen LogP contribution >= 0.6 is 23.2 Å². The van der Waals surface area contributed by atoms with E-state index >= 15 is 0 Å². The van der Waals surface area contributed by atoms with E-state index in [4.69, 9.17) is 28.3 Å². The van der Waals surface area contributed by atoms with E-state index in [-0.39, 0.29) is 11.8 Å². The number of aliphatic carboxylic acids is 1. The molecule has 62 valence electrons. The molecule has 0 aromatic carbocycles. The van der Waals surface area contributed by atoms with Crippen molar-refractivity contribution in [1.82, 2.24) is 0 Å². The van der Waals surface area contributed by atoms with E-state index < -0.39 is 10.3 Å². The van der Waals surface area contributed by atoms with Crippen LogP contribution in [0, 0.1) is 11.8 Å². The Kier molecular flexibility index (Phi) is 2.17. The fourth-order valence-electron chi connectivity index (χ4n) is 0.991. The first-order valence-corrected chi connectivity index (χ1v) is 4.01. The smallest absolute Gasteiger partial charge is 0.327 e. The third-order valence-electron chi connectivity index (χ3n) is 1.93. The SMILES string of the molecule is C[C@@H]1[C@@H](/C=C\C(=O)O)C1(Cl)Cl. The summed E-state index contributed by atoms with van der Waals surface area (Å²) in [4.78, 5) is 10.1. The molecule has 4 heteroatoms. The maximum Gasteiger partial charge on any atom is 0.327 e. The molecule has 1 aliphatic carbocycles. The van der Waals surface area contributed by atoms with Crippen LogP contribution in [-0.4, -0.2) is 15.4 Å². The summed E-state index contributed by atoms with van der Waals surface area (Å²) in [5.74, 6) is -0.823. The van der Waals surface area contributed by atoms with Crippen molar-refractivity contribution in [2.75, 3.05) is 0 Å². The van der Waals surface area contributed by atoms with Crippen LogP contribution < -0.4 is 0 Å². The van der Waals surface area contributed by atoms with Crippen molar-refractivity contribution in [1.29, 1.82) is 0 Å². The Morgan fingerprint density at radius 1 is 1.64 bits per heavy atom. The zero-order valence-corrected chi connectivity index (χ0v) is 7.43. The van der Waals surface area contributed by atoms with Gasteiger partial charge in [-0.05, 0) is 5.92 Å². The van der Waals surface area contributed by atoms with Gasteiger partial charge in [-0.3, -0.25) is 0 Å². The van der Waals surface area contributed by atoms with E-state index in [1.54, 1.807) is 0 Å². The summed E-state index contributed by atoms with van der Waals surface area (Å²) in [5.41, 5.74) is 0. The van der Waals surface area contributed by atoms with E-state index in [0.717, 1.165) is 6.08 Å². The molecular formula is C7H8Cl2O2. The molecule has 2 atom stereocenters. The van der Waals surface area contributed by atoms with E-state index in [1.165, 1.54) is 6.08 Å². The number of halogens is 2. The first-order chi connectivity index (χ1) is 4.96. The monoisotopic (exact) mass is 194 g/mol. The fourth-order valence-corrected chi connectivity index (χ4v) is 1.66. The van der Waals surface area contributed by atoms with Gasteiger partial charge in [0.15, 0.2) is 0 Å². The lowest BCUT2D eigenvalue weighted by Gasteiger charge is -1.89. The molecule has 0 unspecified atom stereocenters. The van der Waals surface area contributed by atoms with Crippen molar-refractivity contribution in [3.05, 3.63) is 12.2 Å². The largest absolute Gasteiger partial charge is 0.478 e. The highest BCUT2D eigenvalue weighted by molar-refractivity contribution is 6.51. The summed E-state index contributed by atoms with van der Waals surface area (Å²) in [6.45, 7) is 1.89. The van der Waals surface area contributed by atoms with Gasteiger partial charge in [-0.1, -0.05) is 13.0 Å². The van der Waals surface area contributed by atoms with Gasteiger partial charge in [0, 0.05) is 12.0 Å². The number of rotatable bonds is 2. The lowest BCUT2D eigenvalue weighted by molar-refractivity contribution is -0.131. The van der Waals surface area contributed by atoms with Gasteiger partial charge < -0.3 is 5.11 Å². The van der Waals surface area contributed by atoms with Crippen LogP contribution in [0.15, 0.2) is 12.2 Å². The summed E-state index contributed by atoms with van der Waals surface area (Å²) in [5, 5.41) is 8.27. The van der Waals surface area contributed by atoms with E-state index in [1.807, 2.05) is 6.92 Å². The maximum absolute atomic E-state index is 10.1. The molecule has 0 saturated heterocycles. The van der Waals surface area contributed by atoms with E-state index in [2.05, 4.69) is 0 Å². The van der Waals surface area contributed by atoms with Gasteiger partial charge in [0.1, 0.15) is 4.33 Å². The number of alkyl halides is 2. The van der Waals surface area contributed by atoms with Crippen molar-refractivity contribution in [3.63, 3.8) is 0 Å². The maximum atomic E-state index is 10.1. The van der Waals surface area contributed by atoms with Crippen molar-refractivity contribution in [3.8, 4) is 0 Å². The first kappa shape index (κ1) is 8.88. The van der Waals surface area contributed by atoms with Crippen LogP contribution in [0.2, 0.25) is 0 Å². The van der Waals surface area contributed by atoms with Crippen LogP contribution in [0.4, 0.5) is 0 Å². The molecule has 1 saturated carbocycles. The molecule has 1 fully saturated rings. The third-order valence-corrected chi connectivity index (χ3v) is 3.12. The Hall–Kier alpha value is -0.210. The third kappa shape index (κ3) is 1.68. The minimum absolute atomic E-state index is 0.0121. The number of hydrogen-bond donors (Lipinski definition) is 1. The molecule has 0 radical (unpaired) electrons. The molecule has 1 N–H and O–H groups in total. The van der Waals surface area contributed by atoms with E-state index in [0.29, 0.717) is 0 Å².